The third-order valence-electron chi connectivity index (χ3n) is 4.53. The fourth-order valence-electron chi connectivity index (χ4n) is 2.50. The van der Waals surface area contributed by atoms with Crippen molar-refractivity contribution in [2.24, 2.45) is 5.73 Å². The number of alkyl carbamates (subject to hydrolysis) is 1. The van der Waals surface area contributed by atoms with Crippen molar-refractivity contribution in [3.63, 3.8) is 0 Å². The number of hydrogen-bond acceptors (Lipinski definition) is 12. The first-order chi connectivity index (χ1) is 17.7. The third-order valence-corrected chi connectivity index (χ3v) is 4.53. The van der Waals surface area contributed by atoms with Gasteiger partial charge in [0, 0.05) is 13.2 Å². The lowest BCUT2D eigenvalue weighted by Gasteiger charge is -2.15. The summed E-state index contributed by atoms with van der Waals surface area (Å²) >= 11 is 0. The Balaban J connectivity index is -0.000000602. The van der Waals surface area contributed by atoms with Crippen LogP contribution in [0.4, 0.5) is 4.79 Å². The van der Waals surface area contributed by atoms with E-state index in [1.54, 1.807) is 12.1 Å². The Kier molecular flexibility index (Phi) is 25.1. The first kappa shape index (κ1) is 39.8. The van der Waals surface area contributed by atoms with E-state index in [2.05, 4.69) is 24.3 Å². The number of hydrogen-bond donors (Lipinski definition) is 2. The topological polar surface area (TPSA) is 179 Å². The molecule has 1 amide bonds. The minimum Gasteiger partial charge on any atom is -0.469 e. The average molecular weight is 561 g/mol. The monoisotopic (exact) mass is 560 g/mol. The van der Waals surface area contributed by atoms with Crippen LogP contribution in [0.3, 0.4) is 0 Å². The van der Waals surface area contributed by atoms with E-state index in [-0.39, 0.29) is 34.3 Å². The Morgan fingerprint density at radius 1 is 0.821 bits per heavy atom. The van der Waals surface area contributed by atoms with Crippen LogP contribution in [-0.4, -0.2) is 83.7 Å². The zero-order chi connectivity index (χ0) is 28.1. The van der Waals surface area contributed by atoms with Gasteiger partial charge in [0.2, 0.25) is 0 Å². The molecule has 1 fully saturated rings. The van der Waals surface area contributed by atoms with Gasteiger partial charge in [0.1, 0.15) is 18.7 Å². The van der Waals surface area contributed by atoms with Gasteiger partial charge in [-0.2, -0.15) is 0 Å². The molecule has 2 atom stereocenters. The predicted molar refractivity (Wildman–Crippen MR) is 142 cm³/mol. The van der Waals surface area contributed by atoms with Crippen LogP contribution in [0.5, 0.6) is 0 Å². The number of nitrogens with two attached hydrogens (primary N) is 1. The highest BCUT2D eigenvalue weighted by atomic mass is 16.6. The molecule has 0 radical (unpaired) electrons. The normalized spacial score (nSPS) is 12.4. The molecule has 0 aliphatic carbocycles. The van der Waals surface area contributed by atoms with Crippen LogP contribution in [0.15, 0.2) is 30.3 Å². The third kappa shape index (κ3) is 20.0. The molecule has 3 N–H and O–H groups in total. The molecule has 13 heteroatoms. The van der Waals surface area contributed by atoms with E-state index in [1.165, 1.54) is 34.2 Å². The number of rotatable bonds is 9. The minimum absolute atomic E-state index is 0. The number of nitrogens with one attached hydrogen (secondary N) is 1. The molecule has 1 aliphatic rings. The molecule has 0 spiro atoms. The van der Waals surface area contributed by atoms with Crippen LogP contribution >= 0.6 is 0 Å². The summed E-state index contributed by atoms with van der Waals surface area (Å²) in [6.07, 6.45) is 1.26. The molecule has 13 nitrogen and oxygen atoms in total. The van der Waals surface area contributed by atoms with Crippen LogP contribution < -0.4 is 11.1 Å². The number of benzene rings is 1. The molecule has 2 rings (SSSR count). The van der Waals surface area contributed by atoms with E-state index in [0.717, 1.165) is 25.9 Å². The largest absolute Gasteiger partial charge is 0.469 e. The molecule has 1 heterocycles. The molecule has 0 saturated carbocycles. The van der Waals surface area contributed by atoms with Crippen LogP contribution in [0.25, 0.3) is 0 Å². The van der Waals surface area contributed by atoms with Crippen LogP contribution in [0.1, 0.15) is 46.1 Å². The Morgan fingerprint density at radius 3 is 1.77 bits per heavy atom. The molecule has 1 aromatic rings. The summed E-state index contributed by atoms with van der Waals surface area (Å²) in [6, 6.07) is 6.97. The Bertz CT molecular complexity index is 823. The van der Waals surface area contributed by atoms with Gasteiger partial charge in [-0.05, 0) is 18.4 Å². The van der Waals surface area contributed by atoms with Gasteiger partial charge in [0.05, 0.1) is 41.3 Å². The zero-order valence-electron chi connectivity index (χ0n) is 21.6. The molecule has 0 aromatic heterocycles. The van der Waals surface area contributed by atoms with Crippen LogP contribution in [-0.2, 0) is 54.2 Å². The molecule has 1 saturated heterocycles. The van der Waals surface area contributed by atoms with E-state index in [1.807, 2.05) is 18.2 Å². The molecule has 0 bridgehead atoms. The van der Waals surface area contributed by atoms with Crippen molar-refractivity contribution in [3.05, 3.63) is 35.9 Å². The molecule has 0 unspecified atom stereocenters. The van der Waals surface area contributed by atoms with Gasteiger partial charge in [-0.3, -0.25) is 14.4 Å². The van der Waals surface area contributed by atoms with Crippen molar-refractivity contribution in [1.29, 1.82) is 0 Å². The Labute approximate surface area is 230 Å². The van der Waals surface area contributed by atoms with Crippen molar-refractivity contribution >= 4 is 30.0 Å². The van der Waals surface area contributed by atoms with Gasteiger partial charge in [-0.15, -0.1) is 0 Å². The second-order valence-electron chi connectivity index (χ2n) is 7.29. The van der Waals surface area contributed by atoms with E-state index in [0.29, 0.717) is 0 Å². The fourth-order valence-corrected chi connectivity index (χ4v) is 2.50. The Morgan fingerprint density at radius 2 is 1.33 bits per heavy atom. The van der Waals surface area contributed by atoms with E-state index in [9.17, 15) is 24.0 Å². The lowest BCUT2D eigenvalue weighted by Crippen LogP contribution is -2.43. The summed E-state index contributed by atoms with van der Waals surface area (Å²) in [5.74, 6) is -2.54. The maximum atomic E-state index is 11.6. The second kappa shape index (κ2) is 24.6. The number of amides is 1. The average Bonchev–Trinajstić information content (AvgIpc) is 3.51. The first-order valence-corrected chi connectivity index (χ1v) is 11.3. The SMILES string of the molecule is C.C.C1CCOC1.COC(=O)C[C@H](N)C(=O)OC.COC(=O)C[C@H](NC(=O)OCc1ccccc1)C(=O)OC. The second-order valence-corrected chi connectivity index (χ2v) is 7.29. The van der Waals surface area contributed by atoms with Crippen molar-refractivity contribution < 1.29 is 52.4 Å². The number of carbonyl (C=O) groups is 5. The molecule has 1 aromatic carbocycles. The van der Waals surface area contributed by atoms with Crippen molar-refractivity contribution in [2.45, 2.75) is 59.2 Å². The summed E-state index contributed by atoms with van der Waals surface area (Å²) in [5.41, 5.74) is 6.03. The zero-order valence-corrected chi connectivity index (χ0v) is 21.6. The maximum Gasteiger partial charge on any atom is 0.408 e. The lowest BCUT2D eigenvalue weighted by molar-refractivity contribution is -0.149. The first-order valence-electron chi connectivity index (χ1n) is 11.3. The maximum absolute atomic E-state index is 11.6. The summed E-state index contributed by atoms with van der Waals surface area (Å²) in [6.45, 7) is 2.05. The summed E-state index contributed by atoms with van der Waals surface area (Å²) in [7, 11) is 4.78. The quantitative estimate of drug-likeness (QED) is 0.332. The molecule has 39 heavy (non-hydrogen) atoms. The number of ether oxygens (including phenoxy) is 6. The van der Waals surface area contributed by atoms with Gasteiger partial charge >= 0.3 is 30.0 Å². The van der Waals surface area contributed by atoms with E-state index in [4.69, 9.17) is 15.2 Å². The van der Waals surface area contributed by atoms with Gasteiger partial charge in [-0.25, -0.2) is 9.59 Å². The number of esters is 4. The summed E-state index contributed by atoms with van der Waals surface area (Å²) in [5, 5.41) is 2.27. The standard InChI is InChI=1S/C14H17NO6.C6H11NO4.C4H8O.2CH4/c1-19-12(16)8-11(13(17)20-2)15-14(18)21-9-10-6-4-3-5-7-10;1-10-5(8)3-4(7)6(9)11-2;1-2-4-5-3-1;;/h3-7,11H,8-9H2,1-2H3,(H,15,18);4H,3,7H2,1-2H3;1-4H2;2*1H4/t11-;4-;;;/m00.../s1. The van der Waals surface area contributed by atoms with Crippen molar-refractivity contribution in [2.75, 3.05) is 41.7 Å². The number of methoxy groups -OCH3 is 4. The molecule has 1 aliphatic heterocycles. The smallest absolute Gasteiger partial charge is 0.408 e. The van der Waals surface area contributed by atoms with Gasteiger partial charge in [0.25, 0.3) is 0 Å². The van der Waals surface area contributed by atoms with E-state index >= 15 is 0 Å². The summed E-state index contributed by atoms with van der Waals surface area (Å²) in [4.78, 5) is 55.4. The predicted octanol–water partition coefficient (Wildman–Crippen LogP) is 2.14. The Hall–Kier alpha value is -3.71. The van der Waals surface area contributed by atoms with Gasteiger partial charge in [0.15, 0.2) is 0 Å². The highest BCUT2D eigenvalue weighted by molar-refractivity contribution is 5.86. The van der Waals surface area contributed by atoms with Gasteiger partial charge in [-0.1, -0.05) is 45.2 Å². The lowest BCUT2D eigenvalue weighted by atomic mass is 10.2. The molecular formula is C26H44N2O11. The van der Waals surface area contributed by atoms with E-state index < -0.39 is 42.1 Å². The van der Waals surface area contributed by atoms with Crippen molar-refractivity contribution in [1.82, 2.24) is 5.32 Å². The molecular weight excluding hydrogens is 516 g/mol. The highest BCUT2D eigenvalue weighted by Gasteiger charge is 2.25. The molecule has 224 valence electrons. The number of carbonyl (C=O) groups excluding carboxylic acids is 5. The highest BCUT2D eigenvalue weighted by Crippen LogP contribution is 2.03. The van der Waals surface area contributed by atoms with Gasteiger partial charge < -0.3 is 39.5 Å². The van der Waals surface area contributed by atoms with Crippen LogP contribution in [0, 0.1) is 0 Å². The summed E-state index contributed by atoms with van der Waals surface area (Å²) < 4.78 is 27.4. The van der Waals surface area contributed by atoms with Crippen molar-refractivity contribution in [3.8, 4) is 0 Å². The minimum atomic E-state index is -1.15. The van der Waals surface area contributed by atoms with Crippen LogP contribution in [0.2, 0.25) is 0 Å². The fraction of sp³-hybridized carbons (Fsp3) is 0.577.